The monoisotopic (exact) mass is 527 g/mol. The van der Waals surface area contributed by atoms with Crippen molar-refractivity contribution in [1.82, 2.24) is 10.2 Å². The predicted molar refractivity (Wildman–Crippen MR) is 133 cm³/mol. The van der Waals surface area contributed by atoms with Crippen molar-refractivity contribution in [2.75, 3.05) is 20.8 Å². The topological polar surface area (TPSA) is 154 Å². The highest BCUT2D eigenvalue weighted by Gasteiger charge is 2.40. The number of carbonyl (C=O) groups is 4. The summed E-state index contributed by atoms with van der Waals surface area (Å²) in [6.07, 6.45) is -0.0843. The standard InChI is InChI=1S/C26H29N3O9/c1-36-22(30)15-20(18-10-12-19(13-11-18)29(34)35)23(25(32)37-2)27-24(31)21-9-6-14-28(21)26(33)38-16-17-7-4-3-5-8-17/h3-5,7-8,10-13,20-21,23H,6,9,14-16H2,1-2H3,(H,27,31)/t20-,21+,23-/m0/s1. The molecule has 3 atom stereocenters. The number of nitrogens with one attached hydrogen (secondary N) is 1. The Morgan fingerprint density at radius 2 is 1.74 bits per heavy atom. The van der Waals surface area contributed by atoms with Crippen LogP contribution in [0.4, 0.5) is 10.5 Å². The predicted octanol–water partition coefficient (Wildman–Crippen LogP) is 2.70. The minimum Gasteiger partial charge on any atom is -0.469 e. The minimum atomic E-state index is -1.34. The summed E-state index contributed by atoms with van der Waals surface area (Å²) in [6.45, 7) is 0.333. The Morgan fingerprint density at radius 1 is 1.05 bits per heavy atom. The van der Waals surface area contributed by atoms with Gasteiger partial charge in [0.2, 0.25) is 5.91 Å². The number of likely N-dealkylation sites (tertiary alicyclic amines) is 1. The Balaban J connectivity index is 1.80. The summed E-state index contributed by atoms with van der Waals surface area (Å²) in [6, 6.07) is 12.1. The molecule has 2 aromatic rings. The second-order valence-electron chi connectivity index (χ2n) is 8.64. The van der Waals surface area contributed by atoms with Crippen LogP contribution in [0.25, 0.3) is 0 Å². The molecule has 12 nitrogen and oxygen atoms in total. The van der Waals surface area contributed by atoms with Crippen molar-refractivity contribution in [2.24, 2.45) is 0 Å². The number of carbonyl (C=O) groups excluding carboxylic acids is 4. The van der Waals surface area contributed by atoms with Gasteiger partial charge in [-0.1, -0.05) is 42.5 Å². The second-order valence-corrected chi connectivity index (χ2v) is 8.64. The molecule has 0 saturated carbocycles. The van der Waals surface area contributed by atoms with Gasteiger partial charge < -0.3 is 19.5 Å². The Hall–Kier alpha value is -4.48. The van der Waals surface area contributed by atoms with Gasteiger partial charge >= 0.3 is 18.0 Å². The van der Waals surface area contributed by atoms with Crippen LogP contribution in [0.2, 0.25) is 0 Å². The summed E-state index contributed by atoms with van der Waals surface area (Å²) in [5.41, 5.74) is 0.989. The van der Waals surface area contributed by atoms with Gasteiger partial charge in [0.1, 0.15) is 18.7 Å². The van der Waals surface area contributed by atoms with Gasteiger partial charge in [-0.15, -0.1) is 0 Å². The van der Waals surface area contributed by atoms with Crippen LogP contribution in [-0.4, -0.2) is 66.6 Å². The van der Waals surface area contributed by atoms with Gasteiger partial charge in [0.25, 0.3) is 5.69 Å². The number of nitro groups is 1. The SMILES string of the molecule is COC(=O)C[C@@H](c1ccc([N+](=O)[O-])cc1)[C@H](NC(=O)[C@H]1CCCN1C(=O)OCc1ccccc1)C(=O)OC. The smallest absolute Gasteiger partial charge is 0.410 e. The number of amides is 2. The van der Waals surface area contributed by atoms with Crippen LogP contribution in [0.15, 0.2) is 54.6 Å². The molecule has 3 rings (SSSR count). The lowest BCUT2D eigenvalue weighted by molar-refractivity contribution is -0.384. The first kappa shape index (κ1) is 28.1. The molecule has 1 aliphatic heterocycles. The fourth-order valence-corrected chi connectivity index (χ4v) is 4.29. The second kappa shape index (κ2) is 13.2. The van der Waals surface area contributed by atoms with Crippen molar-refractivity contribution in [3.8, 4) is 0 Å². The molecule has 0 aliphatic carbocycles. The largest absolute Gasteiger partial charge is 0.469 e. The van der Waals surface area contributed by atoms with Crippen molar-refractivity contribution >= 4 is 29.6 Å². The first-order valence-corrected chi connectivity index (χ1v) is 11.9. The average molecular weight is 528 g/mol. The molecule has 12 heteroatoms. The number of hydrogen-bond acceptors (Lipinski definition) is 9. The fourth-order valence-electron chi connectivity index (χ4n) is 4.29. The molecular weight excluding hydrogens is 498 g/mol. The lowest BCUT2D eigenvalue weighted by atomic mass is 9.88. The maximum Gasteiger partial charge on any atom is 0.410 e. The highest BCUT2D eigenvalue weighted by Crippen LogP contribution is 2.28. The van der Waals surface area contributed by atoms with Crippen molar-refractivity contribution in [1.29, 1.82) is 0 Å². The van der Waals surface area contributed by atoms with Crippen molar-refractivity contribution < 1.29 is 38.3 Å². The van der Waals surface area contributed by atoms with Crippen LogP contribution in [-0.2, 0) is 35.2 Å². The fraction of sp³-hybridized carbons (Fsp3) is 0.385. The van der Waals surface area contributed by atoms with Crippen LogP contribution in [0.1, 0.15) is 36.3 Å². The zero-order valence-corrected chi connectivity index (χ0v) is 21.0. The summed E-state index contributed by atoms with van der Waals surface area (Å²) in [5.74, 6) is -3.07. The number of hydrogen-bond donors (Lipinski definition) is 1. The number of ether oxygens (including phenoxy) is 3. The number of methoxy groups -OCH3 is 2. The quantitative estimate of drug-likeness (QED) is 0.212. The Morgan fingerprint density at radius 3 is 2.34 bits per heavy atom. The molecule has 2 amide bonds. The summed E-state index contributed by atoms with van der Waals surface area (Å²) < 4.78 is 15.0. The zero-order chi connectivity index (χ0) is 27.7. The lowest BCUT2D eigenvalue weighted by Crippen LogP contribution is -2.53. The number of esters is 2. The minimum absolute atomic E-state index is 0.0383. The highest BCUT2D eigenvalue weighted by molar-refractivity contribution is 5.91. The maximum absolute atomic E-state index is 13.3. The molecule has 2 aromatic carbocycles. The van der Waals surface area contributed by atoms with Gasteiger partial charge in [0.05, 0.1) is 25.6 Å². The van der Waals surface area contributed by atoms with E-state index in [0.29, 0.717) is 24.9 Å². The van der Waals surface area contributed by atoms with E-state index >= 15 is 0 Å². The summed E-state index contributed by atoms with van der Waals surface area (Å²) in [7, 11) is 2.31. The molecule has 1 N–H and O–H groups in total. The number of rotatable bonds is 10. The molecule has 202 valence electrons. The van der Waals surface area contributed by atoms with Gasteiger partial charge in [0, 0.05) is 24.6 Å². The van der Waals surface area contributed by atoms with E-state index in [2.05, 4.69) is 5.32 Å². The Bertz CT molecular complexity index is 1150. The third kappa shape index (κ3) is 7.05. The third-order valence-corrected chi connectivity index (χ3v) is 6.30. The first-order valence-electron chi connectivity index (χ1n) is 11.9. The molecule has 1 fully saturated rings. The normalized spacial score (nSPS) is 16.2. The van der Waals surface area contributed by atoms with Crippen LogP contribution in [0.3, 0.4) is 0 Å². The van der Waals surface area contributed by atoms with Crippen LogP contribution >= 0.6 is 0 Å². The summed E-state index contributed by atoms with van der Waals surface area (Å²) in [5, 5.41) is 13.7. The molecule has 1 saturated heterocycles. The van der Waals surface area contributed by atoms with E-state index < -0.39 is 46.9 Å². The van der Waals surface area contributed by atoms with Crippen LogP contribution in [0.5, 0.6) is 0 Å². The van der Waals surface area contributed by atoms with E-state index in [9.17, 15) is 29.3 Å². The van der Waals surface area contributed by atoms with Crippen molar-refractivity contribution in [3.05, 3.63) is 75.8 Å². The summed E-state index contributed by atoms with van der Waals surface area (Å²) >= 11 is 0. The molecule has 0 aromatic heterocycles. The Labute approximate surface area is 219 Å². The summed E-state index contributed by atoms with van der Waals surface area (Å²) in [4.78, 5) is 62.8. The van der Waals surface area contributed by atoms with E-state index in [-0.39, 0.29) is 18.7 Å². The van der Waals surface area contributed by atoms with E-state index in [1.165, 1.54) is 36.3 Å². The maximum atomic E-state index is 13.3. The number of nitro benzene ring substituents is 1. The van der Waals surface area contributed by atoms with Gasteiger partial charge in [-0.2, -0.15) is 0 Å². The average Bonchev–Trinajstić information content (AvgIpc) is 3.44. The van der Waals surface area contributed by atoms with Crippen LogP contribution in [0, 0.1) is 10.1 Å². The molecule has 1 heterocycles. The third-order valence-electron chi connectivity index (χ3n) is 6.30. The first-order chi connectivity index (χ1) is 18.2. The zero-order valence-electron chi connectivity index (χ0n) is 21.0. The molecule has 0 bridgehead atoms. The molecular formula is C26H29N3O9. The Kier molecular flexibility index (Phi) is 9.74. The van der Waals surface area contributed by atoms with E-state index in [0.717, 1.165) is 12.7 Å². The molecule has 0 unspecified atom stereocenters. The molecule has 38 heavy (non-hydrogen) atoms. The van der Waals surface area contributed by atoms with Gasteiger partial charge in [-0.25, -0.2) is 9.59 Å². The van der Waals surface area contributed by atoms with Crippen LogP contribution < -0.4 is 5.32 Å². The highest BCUT2D eigenvalue weighted by atomic mass is 16.6. The van der Waals surface area contributed by atoms with Gasteiger partial charge in [-0.05, 0) is 24.0 Å². The van der Waals surface area contributed by atoms with E-state index in [1.807, 2.05) is 30.3 Å². The number of nitrogens with zero attached hydrogens (tertiary/aromatic N) is 2. The molecule has 0 spiro atoms. The van der Waals surface area contributed by atoms with Gasteiger partial charge in [-0.3, -0.25) is 24.6 Å². The number of benzene rings is 2. The lowest BCUT2D eigenvalue weighted by Gasteiger charge is -2.29. The van der Waals surface area contributed by atoms with E-state index in [1.54, 1.807) is 0 Å². The molecule has 1 aliphatic rings. The van der Waals surface area contributed by atoms with E-state index in [4.69, 9.17) is 14.2 Å². The van der Waals surface area contributed by atoms with Crippen molar-refractivity contribution in [3.63, 3.8) is 0 Å². The van der Waals surface area contributed by atoms with Crippen molar-refractivity contribution in [2.45, 2.75) is 43.9 Å². The number of non-ortho nitro benzene ring substituents is 1. The van der Waals surface area contributed by atoms with Gasteiger partial charge in [0.15, 0.2) is 0 Å². The molecule has 0 radical (unpaired) electrons.